The van der Waals surface area contributed by atoms with Crippen LogP contribution in [0.1, 0.15) is 15.9 Å². The maximum absolute atomic E-state index is 11.1. The zero-order chi connectivity index (χ0) is 13.1. The maximum atomic E-state index is 11.1. The Morgan fingerprint density at radius 2 is 2.33 bits per heavy atom. The molecule has 0 aliphatic rings. The lowest BCUT2D eigenvalue weighted by atomic mass is 10.1. The molecule has 0 aliphatic heterocycles. The normalized spacial score (nSPS) is 10.3. The van der Waals surface area contributed by atoms with E-state index in [1.54, 1.807) is 29.1 Å². The molecule has 0 fully saturated rings. The van der Waals surface area contributed by atoms with Crippen LogP contribution in [0.15, 0.2) is 35.1 Å². The Balaban J connectivity index is 2.16. The minimum absolute atomic E-state index is 0.244. The number of carboxylic acid groups (broad SMARTS) is 1. The van der Waals surface area contributed by atoms with Gasteiger partial charge >= 0.3 is 5.97 Å². The van der Waals surface area contributed by atoms with E-state index in [-0.39, 0.29) is 5.56 Å². The van der Waals surface area contributed by atoms with Gasteiger partial charge in [-0.3, -0.25) is 4.68 Å². The standard InChI is InChI=1S/C12H12BrN3O2/c1-16-7-8(6-15-16)5-14-11-3-2-9(13)4-10(11)12(17)18/h2-4,6-7,14H,5H2,1H3,(H,17,18). The number of nitrogens with zero attached hydrogens (tertiary/aromatic N) is 2. The van der Waals surface area contributed by atoms with Crippen LogP contribution in [0.25, 0.3) is 0 Å². The number of hydrogen-bond donors (Lipinski definition) is 2. The van der Waals surface area contributed by atoms with Gasteiger partial charge in [0.2, 0.25) is 0 Å². The second kappa shape index (κ2) is 5.22. The van der Waals surface area contributed by atoms with Crippen molar-refractivity contribution in [3.63, 3.8) is 0 Å². The van der Waals surface area contributed by atoms with Crippen LogP contribution in [0.3, 0.4) is 0 Å². The lowest BCUT2D eigenvalue weighted by Crippen LogP contribution is -2.06. The summed E-state index contributed by atoms with van der Waals surface area (Å²) in [5, 5.41) is 16.3. The van der Waals surface area contributed by atoms with Gasteiger partial charge in [-0.2, -0.15) is 5.10 Å². The fourth-order valence-corrected chi connectivity index (χ4v) is 1.97. The van der Waals surface area contributed by atoms with E-state index in [0.29, 0.717) is 12.2 Å². The summed E-state index contributed by atoms with van der Waals surface area (Å²) >= 11 is 3.26. The van der Waals surface area contributed by atoms with Crippen molar-refractivity contribution < 1.29 is 9.90 Å². The molecule has 94 valence electrons. The number of rotatable bonds is 4. The van der Waals surface area contributed by atoms with E-state index in [1.807, 2.05) is 13.2 Å². The summed E-state index contributed by atoms with van der Waals surface area (Å²) < 4.78 is 2.45. The molecular weight excluding hydrogens is 298 g/mol. The average molecular weight is 310 g/mol. The minimum Gasteiger partial charge on any atom is -0.478 e. The van der Waals surface area contributed by atoms with Gasteiger partial charge < -0.3 is 10.4 Å². The lowest BCUT2D eigenvalue weighted by molar-refractivity contribution is 0.0698. The van der Waals surface area contributed by atoms with Crippen LogP contribution in [-0.4, -0.2) is 20.9 Å². The molecule has 0 bridgehead atoms. The smallest absolute Gasteiger partial charge is 0.337 e. The largest absolute Gasteiger partial charge is 0.478 e. The van der Waals surface area contributed by atoms with Gasteiger partial charge in [0, 0.05) is 35.5 Å². The third kappa shape index (κ3) is 2.89. The molecule has 1 heterocycles. The molecule has 0 unspecified atom stereocenters. The highest BCUT2D eigenvalue weighted by Crippen LogP contribution is 2.21. The van der Waals surface area contributed by atoms with Gasteiger partial charge in [0.05, 0.1) is 11.8 Å². The van der Waals surface area contributed by atoms with Crippen LogP contribution in [0.2, 0.25) is 0 Å². The van der Waals surface area contributed by atoms with E-state index in [1.165, 1.54) is 0 Å². The first-order valence-corrected chi connectivity index (χ1v) is 6.10. The van der Waals surface area contributed by atoms with Crippen LogP contribution in [0, 0.1) is 0 Å². The molecule has 6 heteroatoms. The van der Waals surface area contributed by atoms with E-state index in [9.17, 15) is 4.79 Å². The van der Waals surface area contributed by atoms with Crippen LogP contribution in [0.4, 0.5) is 5.69 Å². The number of benzene rings is 1. The van der Waals surface area contributed by atoms with Crippen LogP contribution in [0.5, 0.6) is 0 Å². The molecule has 2 aromatic rings. The highest BCUT2D eigenvalue weighted by molar-refractivity contribution is 9.10. The number of aryl methyl sites for hydroxylation is 1. The Morgan fingerprint density at radius 1 is 1.56 bits per heavy atom. The van der Waals surface area contributed by atoms with Gasteiger partial charge in [0.15, 0.2) is 0 Å². The van der Waals surface area contributed by atoms with Crippen molar-refractivity contribution in [2.24, 2.45) is 7.05 Å². The van der Waals surface area contributed by atoms with E-state index < -0.39 is 5.97 Å². The van der Waals surface area contributed by atoms with Crippen molar-refractivity contribution >= 4 is 27.6 Å². The first kappa shape index (κ1) is 12.6. The summed E-state index contributed by atoms with van der Waals surface area (Å²) in [6.45, 7) is 0.537. The third-order valence-electron chi connectivity index (χ3n) is 2.45. The number of aromatic nitrogens is 2. The van der Waals surface area contributed by atoms with Crippen LogP contribution >= 0.6 is 15.9 Å². The van der Waals surface area contributed by atoms with Gasteiger partial charge in [-0.25, -0.2) is 4.79 Å². The summed E-state index contributed by atoms with van der Waals surface area (Å²) in [6, 6.07) is 5.12. The van der Waals surface area contributed by atoms with Gasteiger partial charge in [0.25, 0.3) is 0 Å². The molecule has 1 aromatic heterocycles. The topological polar surface area (TPSA) is 67.2 Å². The Hall–Kier alpha value is -1.82. The van der Waals surface area contributed by atoms with E-state index in [2.05, 4.69) is 26.3 Å². The van der Waals surface area contributed by atoms with Crippen molar-refractivity contribution in [3.8, 4) is 0 Å². The first-order chi connectivity index (χ1) is 8.56. The molecule has 0 amide bonds. The number of carboxylic acids is 1. The number of hydrogen-bond acceptors (Lipinski definition) is 3. The van der Waals surface area contributed by atoms with E-state index in [0.717, 1.165) is 10.0 Å². The predicted octanol–water partition coefficient (Wildman–Crippen LogP) is 2.49. The molecule has 1 aromatic carbocycles. The van der Waals surface area contributed by atoms with Crippen molar-refractivity contribution in [1.82, 2.24) is 9.78 Å². The lowest BCUT2D eigenvalue weighted by Gasteiger charge is -2.08. The summed E-state index contributed by atoms with van der Waals surface area (Å²) in [7, 11) is 1.84. The van der Waals surface area contributed by atoms with Gasteiger partial charge in [-0.15, -0.1) is 0 Å². The Morgan fingerprint density at radius 3 is 2.94 bits per heavy atom. The molecule has 0 aliphatic carbocycles. The van der Waals surface area contributed by atoms with Crippen molar-refractivity contribution in [2.45, 2.75) is 6.54 Å². The number of anilines is 1. The van der Waals surface area contributed by atoms with Crippen LogP contribution in [-0.2, 0) is 13.6 Å². The summed E-state index contributed by atoms with van der Waals surface area (Å²) in [5.41, 5.74) is 1.83. The highest BCUT2D eigenvalue weighted by atomic mass is 79.9. The number of nitrogens with one attached hydrogen (secondary N) is 1. The van der Waals surface area contributed by atoms with Crippen molar-refractivity contribution in [3.05, 3.63) is 46.2 Å². The zero-order valence-electron chi connectivity index (χ0n) is 9.72. The quantitative estimate of drug-likeness (QED) is 0.910. The first-order valence-electron chi connectivity index (χ1n) is 5.30. The second-order valence-electron chi connectivity index (χ2n) is 3.87. The zero-order valence-corrected chi connectivity index (χ0v) is 11.3. The molecule has 18 heavy (non-hydrogen) atoms. The molecule has 2 N–H and O–H groups in total. The summed E-state index contributed by atoms with van der Waals surface area (Å²) in [5.74, 6) is -0.954. The molecule has 0 saturated heterocycles. The van der Waals surface area contributed by atoms with Crippen LogP contribution < -0.4 is 5.32 Å². The number of carbonyl (C=O) groups is 1. The highest BCUT2D eigenvalue weighted by Gasteiger charge is 2.10. The molecular formula is C12H12BrN3O2. The average Bonchev–Trinajstić information content (AvgIpc) is 2.73. The van der Waals surface area contributed by atoms with E-state index >= 15 is 0 Å². The number of aromatic carboxylic acids is 1. The third-order valence-corrected chi connectivity index (χ3v) is 2.95. The molecule has 0 atom stereocenters. The summed E-state index contributed by atoms with van der Waals surface area (Å²) in [6.07, 6.45) is 3.62. The Bertz CT molecular complexity index is 580. The van der Waals surface area contributed by atoms with E-state index in [4.69, 9.17) is 5.11 Å². The van der Waals surface area contributed by atoms with Gasteiger partial charge in [-0.1, -0.05) is 15.9 Å². The molecule has 0 radical (unpaired) electrons. The fraction of sp³-hybridized carbons (Fsp3) is 0.167. The fourth-order valence-electron chi connectivity index (χ4n) is 1.61. The molecule has 0 saturated carbocycles. The Labute approximate surface area is 113 Å². The second-order valence-corrected chi connectivity index (χ2v) is 4.79. The molecule has 0 spiro atoms. The molecule has 2 rings (SSSR count). The Kier molecular flexibility index (Phi) is 3.66. The van der Waals surface area contributed by atoms with Crippen molar-refractivity contribution in [2.75, 3.05) is 5.32 Å². The SMILES string of the molecule is Cn1cc(CNc2ccc(Br)cc2C(=O)O)cn1. The monoisotopic (exact) mass is 309 g/mol. The minimum atomic E-state index is -0.954. The number of halogens is 1. The predicted molar refractivity (Wildman–Crippen MR) is 71.6 cm³/mol. The van der Waals surface area contributed by atoms with Crippen molar-refractivity contribution in [1.29, 1.82) is 0 Å². The summed E-state index contributed by atoms with van der Waals surface area (Å²) in [4.78, 5) is 11.1. The van der Waals surface area contributed by atoms with Gasteiger partial charge in [-0.05, 0) is 18.2 Å². The van der Waals surface area contributed by atoms with Gasteiger partial charge in [0.1, 0.15) is 0 Å². The maximum Gasteiger partial charge on any atom is 0.337 e. The molecule has 5 nitrogen and oxygen atoms in total.